The van der Waals surface area contributed by atoms with Gasteiger partial charge in [0.05, 0.1) is 6.54 Å². The van der Waals surface area contributed by atoms with Crippen molar-refractivity contribution in [2.45, 2.75) is 30.8 Å². The van der Waals surface area contributed by atoms with Gasteiger partial charge >= 0.3 is 12.1 Å². The summed E-state index contributed by atoms with van der Waals surface area (Å²) < 4.78 is 11.1. The van der Waals surface area contributed by atoms with Gasteiger partial charge in [-0.25, -0.2) is 9.59 Å². The van der Waals surface area contributed by atoms with E-state index >= 15 is 0 Å². The third-order valence-electron chi connectivity index (χ3n) is 7.48. The predicted molar refractivity (Wildman–Crippen MR) is 125 cm³/mol. The molecule has 2 bridgehead atoms. The number of aliphatic carboxylic acids is 1. The lowest BCUT2D eigenvalue weighted by Crippen LogP contribution is -2.54. The highest BCUT2D eigenvalue weighted by Gasteiger charge is 2.63. The minimum absolute atomic E-state index is 0.0331. The van der Waals surface area contributed by atoms with Crippen molar-refractivity contribution in [3.8, 4) is 11.1 Å². The normalized spacial score (nSPS) is 21.7. The van der Waals surface area contributed by atoms with E-state index in [0.717, 1.165) is 22.3 Å². The van der Waals surface area contributed by atoms with E-state index in [1.54, 1.807) is 6.07 Å². The van der Waals surface area contributed by atoms with Gasteiger partial charge < -0.3 is 24.5 Å². The van der Waals surface area contributed by atoms with Crippen molar-refractivity contribution in [1.29, 1.82) is 0 Å². The second-order valence-corrected chi connectivity index (χ2v) is 9.47. The van der Waals surface area contributed by atoms with Crippen molar-refractivity contribution in [2.75, 3.05) is 13.2 Å². The van der Waals surface area contributed by atoms with E-state index in [1.165, 1.54) is 11.0 Å². The summed E-state index contributed by atoms with van der Waals surface area (Å²) in [6.45, 7) is 0.685. The van der Waals surface area contributed by atoms with Crippen LogP contribution in [-0.4, -0.2) is 46.7 Å². The molecule has 8 nitrogen and oxygen atoms in total. The first-order valence-corrected chi connectivity index (χ1v) is 11.7. The van der Waals surface area contributed by atoms with Crippen LogP contribution in [0.2, 0.25) is 0 Å². The first-order valence-electron chi connectivity index (χ1n) is 11.7. The van der Waals surface area contributed by atoms with Crippen LogP contribution in [0.5, 0.6) is 0 Å². The lowest BCUT2D eigenvalue weighted by molar-refractivity contribution is -0.151. The number of nitrogens with one attached hydrogen (secondary N) is 1. The Hall–Kier alpha value is -4.07. The molecule has 0 atom stereocenters. The van der Waals surface area contributed by atoms with Crippen molar-refractivity contribution in [3.63, 3.8) is 0 Å². The number of carboxylic acid groups (broad SMARTS) is 1. The average molecular weight is 472 g/mol. The fraction of sp³-hybridized carbons (Fsp3) is 0.296. The zero-order chi connectivity index (χ0) is 24.2. The Bertz CT molecular complexity index is 1290. The minimum atomic E-state index is -1.10. The summed E-state index contributed by atoms with van der Waals surface area (Å²) in [5.41, 5.74) is 3.48. The number of amides is 2. The number of alkyl carbamates (subject to hydrolysis) is 1. The maximum atomic E-state index is 12.9. The van der Waals surface area contributed by atoms with Crippen LogP contribution in [0.3, 0.4) is 0 Å². The second-order valence-electron chi connectivity index (χ2n) is 9.47. The molecule has 2 aliphatic carbocycles. The van der Waals surface area contributed by atoms with E-state index in [-0.39, 0.29) is 30.7 Å². The van der Waals surface area contributed by atoms with Gasteiger partial charge in [0.15, 0.2) is 5.76 Å². The third kappa shape index (κ3) is 3.39. The topological polar surface area (TPSA) is 109 Å². The quantitative estimate of drug-likeness (QED) is 0.561. The van der Waals surface area contributed by atoms with Crippen LogP contribution < -0.4 is 5.32 Å². The van der Waals surface area contributed by atoms with Gasteiger partial charge in [0.25, 0.3) is 5.91 Å². The number of nitrogens with zero attached hydrogens (tertiary/aromatic N) is 1. The maximum Gasteiger partial charge on any atom is 0.407 e. The van der Waals surface area contributed by atoms with Gasteiger partial charge in [0.2, 0.25) is 0 Å². The number of hydrogen-bond donors (Lipinski definition) is 2. The molecule has 8 heteroatoms. The van der Waals surface area contributed by atoms with Crippen LogP contribution in [0.25, 0.3) is 11.1 Å². The highest BCUT2D eigenvalue weighted by Crippen LogP contribution is 2.51. The molecule has 178 valence electrons. The summed E-state index contributed by atoms with van der Waals surface area (Å²) in [4.78, 5) is 38.4. The van der Waals surface area contributed by atoms with Crippen molar-refractivity contribution < 1.29 is 28.6 Å². The first kappa shape index (κ1) is 21.5. The molecule has 0 unspecified atom stereocenters. The van der Waals surface area contributed by atoms with E-state index < -0.39 is 23.5 Å². The highest BCUT2D eigenvalue weighted by atomic mass is 16.5. The number of benzene rings is 2. The Balaban J connectivity index is 1.06. The second kappa shape index (κ2) is 8.01. The summed E-state index contributed by atoms with van der Waals surface area (Å²) in [5.74, 6) is -0.739. The van der Waals surface area contributed by atoms with Crippen LogP contribution in [0.4, 0.5) is 4.79 Å². The van der Waals surface area contributed by atoms with Crippen molar-refractivity contribution in [2.24, 2.45) is 5.92 Å². The van der Waals surface area contributed by atoms with Crippen LogP contribution in [0.15, 0.2) is 65.1 Å². The van der Waals surface area contributed by atoms with Gasteiger partial charge in [0.1, 0.15) is 17.9 Å². The van der Waals surface area contributed by atoms with Gasteiger partial charge in [-0.1, -0.05) is 48.5 Å². The van der Waals surface area contributed by atoms with E-state index in [4.69, 9.17) is 9.15 Å². The monoisotopic (exact) mass is 472 g/mol. The standard InChI is InChI=1S/C27H24N2O6/c30-24(29-14-16-11-27(29,12-16)25(31)32)23-10-9-17(35-23)13-28-26(33)34-15-22-20-7-3-1-5-18(20)19-6-2-4-8-21(19)22/h1-10,16,22H,11-15H2,(H,28,33)(H,31,32). The van der Waals surface area contributed by atoms with Crippen molar-refractivity contribution >= 4 is 18.0 Å². The number of ether oxygens (including phenoxy) is 1. The van der Waals surface area contributed by atoms with Gasteiger partial charge in [-0.15, -0.1) is 0 Å². The minimum Gasteiger partial charge on any atom is -0.479 e. The Labute approximate surface area is 201 Å². The molecule has 3 fully saturated rings. The zero-order valence-electron chi connectivity index (χ0n) is 18.9. The fourth-order valence-corrected chi connectivity index (χ4v) is 5.77. The third-order valence-corrected chi connectivity index (χ3v) is 7.48. The van der Waals surface area contributed by atoms with Crippen LogP contribution in [0, 0.1) is 5.92 Å². The molecule has 3 heterocycles. The van der Waals surface area contributed by atoms with E-state index in [1.807, 2.05) is 24.3 Å². The Morgan fingerprint density at radius 2 is 1.66 bits per heavy atom. The highest BCUT2D eigenvalue weighted by molar-refractivity contribution is 5.97. The number of carbonyl (C=O) groups is 3. The number of carbonyl (C=O) groups excluding carboxylic acids is 2. The molecule has 2 aromatic carbocycles. The Morgan fingerprint density at radius 1 is 1.00 bits per heavy atom. The molecule has 2 N–H and O–H groups in total. The van der Waals surface area contributed by atoms with E-state index in [0.29, 0.717) is 25.1 Å². The molecule has 1 saturated carbocycles. The largest absolute Gasteiger partial charge is 0.479 e. The molecule has 4 aliphatic rings. The number of furan rings is 1. The van der Waals surface area contributed by atoms with Crippen LogP contribution in [0.1, 0.15) is 46.2 Å². The molecular formula is C27H24N2O6. The van der Waals surface area contributed by atoms with E-state index in [9.17, 15) is 19.5 Å². The lowest BCUT2D eigenvalue weighted by Gasteiger charge is -2.37. The van der Waals surface area contributed by atoms with Crippen molar-refractivity contribution in [1.82, 2.24) is 10.2 Å². The summed E-state index contributed by atoms with van der Waals surface area (Å²) in [5, 5.41) is 12.2. The number of hydrogen-bond acceptors (Lipinski definition) is 5. The average Bonchev–Trinajstić information content (AvgIpc) is 3.61. The Morgan fingerprint density at radius 3 is 2.31 bits per heavy atom. The van der Waals surface area contributed by atoms with Crippen LogP contribution in [-0.2, 0) is 16.1 Å². The molecule has 2 saturated heterocycles. The van der Waals surface area contributed by atoms with Gasteiger partial charge in [0, 0.05) is 12.5 Å². The van der Waals surface area contributed by atoms with Crippen molar-refractivity contribution in [3.05, 3.63) is 83.3 Å². The van der Waals surface area contributed by atoms with Gasteiger partial charge in [-0.2, -0.15) is 0 Å². The summed E-state index contributed by atoms with van der Waals surface area (Å²) in [6.07, 6.45) is 0.400. The maximum absolute atomic E-state index is 12.9. The number of rotatable bonds is 6. The summed E-state index contributed by atoms with van der Waals surface area (Å²) in [6, 6.07) is 19.4. The summed E-state index contributed by atoms with van der Waals surface area (Å²) >= 11 is 0. The number of fused-ring (bicyclic) bond motifs is 4. The molecule has 0 spiro atoms. The molecule has 3 aromatic rings. The molecule has 2 aliphatic heterocycles. The summed E-state index contributed by atoms with van der Waals surface area (Å²) in [7, 11) is 0. The van der Waals surface area contributed by atoms with Gasteiger partial charge in [-0.05, 0) is 53.1 Å². The molecular weight excluding hydrogens is 448 g/mol. The van der Waals surface area contributed by atoms with Crippen LogP contribution >= 0.6 is 0 Å². The predicted octanol–water partition coefficient (Wildman–Crippen LogP) is 4.01. The molecule has 1 aromatic heterocycles. The SMILES string of the molecule is O=C(NCc1ccc(C(=O)N2CC3CC2(C(=O)O)C3)o1)OCC1c2ccccc2-c2ccccc21. The lowest BCUT2D eigenvalue weighted by atomic mass is 9.73. The molecule has 2 amide bonds. The fourth-order valence-electron chi connectivity index (χ4n) is 5.77. The molecule has 7 rings (SSSR count). The van der Waals surface area contributed by atoms with Gasteiger partial charge in [-0.3, -0.25) is 4.79 Å². The molecule has 0 radical (unpaired) electrons. The first-order chi connectivity index (χ1) is 17.0. The molecule has 35 heavy (non-hydrogen) atoms. The number of carboxylic acids is 1. The zero-order valence-corrected chi connectivity index (χ0v) is 18.9. The van der Waals surface area contributed by atoms with E-state index in [2.05, 4.69) is 29.6 Å². The smallest absolute Gasteiger partial charge is 0.407 e. The Kier molecular flexibility index (Phi) is 4.91.